The van der Waals surface area contributed by atoms with Gasteiger partial charge in [0.05, 0.1) is 0 Å². The molecular formula is C7H12BF3KN. The summed E-state index contributed by atoms with van der Waals surface area (Å²) in [7, 11) is 0. The summed E-state index contributed by atoms with van der Waals surface area (Å²) in [6.45, 7) is -3.00. The summed E-state index contributed by atoms with van der Waals surface area (Å²) in [5, 5.41) is 0. The summed E-state index contributed by atoms with van der Waals surface area (Å²) in [6, 6.07) is 0. The van der Waals surface area contributed by atoms with Crippen LogP contribution < -0.4 is 51.4 Å². The molecule has 0 amide bonds. The summed E-state index contributed by atoms with van der Waals surface area (Å²) in [4.78, 5) is 1.83. The van der Waals surface area contributed by atoms with E-state index in [2.05, 4.69) is 0 Å². The second kappa shape index (κ2) is 6.63. The maximum absolute atomic E-state index is 11.8. The average Bonchev–Trinajstić information content (AvgIpc) is 2.02. The monoisotopic (exact) mass is 217 g/mol. The number of hydrogen-bond donors (Lipinski definition) is 0. The SMILES string of the molecule is F[B-](F)(F)CCN1CC=CCC1.[K+]. The number of nitrogens with zero attached hydrogens (tertiary/aromatic N) is 1. The maximum atomic E-state index is 11.8. The van der Waals surface area contributed by atoms with Crippen LogP contribution in [-0.2, 0) is 0 Å². The van der Waals surface area contributed by atoms with Crippen molar-refractivity contribution in [1.29, 1.82) is 0 Å². The number of halogens is 3. The van der Waals surface area contributed by atoms with Gasteiger partial charge in [-0.25, -0.2) is 0 Å². The van der Waals surface area contributed by atoms with E-state index in [1.165, 1.54) is 0 Å². The zero-order valence-electron chi connectivity index (χ0n) is 7.85. The molecule has 0 aromatic rings. The average molecular weight is 217 g/mol. The van der Waals surface area contributed by atoms with Gasteiger partial charge in [0, 0.05) is 13.1 Å². The van der Waals surface area contributed by atoms with Crippen LogP contribution in [0.5, 0.6) is 0 Å². The van der Waals surface area contributed by atoms with Gasteiger partial charge in [-0.3, -0.25) is 0 Å². The summed E-state index contributed by atoms with van der Waals surface area (Å²) >= 11 is 0. The smallest absolute Gasteiger partial charge is 0.449 e. The van der Waals surface area contributed by atoms with Crippen molar-refractivity contribution in [3.8, 4) is 0 Å². The van der Waals surface area contributed by atoms with E-state index in [1.807, 2.05) is 17.1 Å². The Morgan fingerprint density at radius 1 is 1.23 bits per heavy atom. The molecule has 0 saturated carbocycles. The fourth-order valence-electron chi connectivity index (χ4n) is 1.22. The second-order valence-electron chi connectivity index (χ2n) is 3.06. The Labute approximate surface area is 119 Å². The van der Waals surface area contributed by atoms with Crippen LogP contribution in [0.3, 0.4) is 0 Å². The van der Waals surface area contributed by atoms with Gasteiger partial charge in [-0.05, 0) is 13.0 Å². The van der Waals surface area contributed by atoms with Gasteiger partial charge < -0.3 is 17.8 Å². The molecular weight excluding hydrogens is 205 g/mol. The number of hydrogen-bond acceptors (Lipinski definition) is 1. The molecule has 70 valence electrons. The minimum Gasteiger partial charge on any atom is -0.449 e. The summed E-state index contributed by atoms with van der Waals surface area (Å²) in [5.41, 5.74) is 0. The molecule has 1 aliphatic heterocycles. The molecule has 0 atom stereocenters. The van der Waals surface area contributed by atoms with E-state index in [0.717, 1.165) is 13.0 Å². The quantitative estimate of drug-likeness (QED) is 0.437. The first-order valence-corrected chi connectivity index (χ1v) is 4.16. The topological polar surface area (TPSA) is 3.24 Å². The Morgan fingerprint density at radius 2 is 1.92 bits per heavy atom. The molecule has 0 radical (unpaired) electrons. The molecule has 0 saturated heterocycles. The van der Waals surface area contributed by atoms with Crippen molar-refractivity contribution in [2.24, 2.45) is 0 Å². The standard InChI is InChI=1S/C7H12BF3N.K/c9-8(10,11)4-7-12-5-2-1-3-6-12;/h1-2H,3-7H2;/q-1;+1. The minimum absolute atomic E-state index is 0. The zero-order chi connectivity index (χ0) is 9.03. The van der Waals surface area contributed by atoms with Crippen LogP contribution in [0.4, 0.5) is 12.9 Å². The molecule has 0 aromatic carbocycles. The summed E-state index contributed by atoms with van der Waals surface area (Å²) < 4.78 is 35.5. The minimum atomic E-state index is -4.60. The molecule has 1 nitrogen and oxygen atoms in total. The van der Waals surface area contributed by atoms with Crippen LogP contribution in [0.15, 0.2) is 12.2 Å². The normalized spacial score (nSPS) is 18.4. The molecule has 0 spiro atoms. The predicted molar refractivity (Wildman–Crippen MR) is 44.1 cm³/mol. The van der Waals surface area contributed by atoms with Gasteiger partial charge in [0.15, 0.2) is 0 Å². The molecule has 0 bridgehead atoms. The molecule has 13 heavy (non-hydrogen) atoms. The van der Waals surface area contributed by atoms with Crippen molar-refractivity contribution in [3.63, 3.8) is 0 Å². The molecule has 0 fully saturated rings. The van der Waals surface area contributed by atoms with Crippen molar-refractivity contribution in [3.05, 3.63) is 12.2 Å². The Balaban J connectivity index is 0.00000144. The Kier molecular flexibility index (Phi) is 7.24. The van der Waals surface area contributed by atoms with Gasteiger partial charge in [0.1, 0.15) is 0 Å². The van der Waals surface area contributed by atoms with Gasteiger partial charge in [0.2, 0.25) is 0 Å². The molecule has 0 aliphatic carbocycles. The van der Waals surface area contributed by atoms with Crippen LogP contribution in [-0.4, -0.2) is 31.5 Å². The largest absolute Gasteiger partial charge is 1.00 e. The van der Waals surface area contributed by atoms with E-state index in [0.29, 0.717) is 6.54 Å². The van der Waals surface area contributed by atoms with Crippen LogP contribution in [0, 0.1) is 0 Å². The van der Waals surface area contributed by atoms with Gasteiger partial charge in [-0.15, -0.1) is 0 Å². The first kappa shape index (κ1) is 14.2. The third-order valence-corrected chi connectivity index (χ3v) is 1.91. The predicted octanol–water partition coefficient (Wildman–Crippen LogP) is -0.900. The van der Waals surface area contributed by atoms with E-state index in [4.69, 9.17) is 0 Å². The molecule has 1 heterocycles. The third kappa shape index (κ3) is 7.16. The molecule has 0 N–H and O–H groups in total. The first-order chi connectivity index (χ1) is 5.58. The van der Waals surface area contributed by atoms with Crippen LogP contribution in [0.1, 0.15) is 6.42 Å². The van der Waals surface area contributed by atoms with Crippen molar-refractivity contribution >= 4 is 6.98 Å². The third-order valence-electron chi connectivity index (χ3n) is 1.91. The second-order valence-corrected chi connectivity index (χ2v) is 3.06. The fraction of sp³-hybridized carbons (Fsp3) is 0.714. The maximum Gasteiger partial charge on any atom is 1.00 e. The van der Waals surface area contributed by atoms with E-state index in [-0.39, 0.29) is 57.9 Å². The molecule has 1 rings (SSSR count). The van der Waals surface area contributed by atoms with E-state index < -0.39 is 13.3 Å². The van der Waals surface area contributed by atoms with Crippen molar-refractivity contribution in [2.75, 3.05) is 19.6 Å². The van der Waals surface area contributed by atoms with Gasteiger partial charge in [0.25, 0.3) is 0 Å². The molecule has 6 heteroatoms. The van der Waals surface area contributed by atoms with Gasteiger partial charge >= 0.3 is 58.4 Å². The zero-order valence-corrected chi connectivity index (χ0v) is 11.0. The Morgan fingerprint density at radius 3 is 2.38 bits per heavy atom. The molecule has 1 aliphatic rings. The van der Waals surface area contributed by atoms with Crippen LogP contribution >= 0.6 is 0 Å². The van der Waals surface area contributed by atoms with Crippen molar-refractivity contribution in [2.45, 2.75) is 12.7 Å². The van der Waals surface area contributed by atoms with Gasteiger partial charge in [-0.2, -0.15) is 0 Å². The van der Waals surface area contributed by atoms with Crippen LogP contribution in [0.2, 0.25) is 6.32 Å². The van der Waals surface area contributed by atoms with E-state index in [1.54, 1.807) is 0 Å². The molecule has 0 aromatic heterocycles. The van der Waals surface area contributed by atoms with Crippen molar-refractivity contribution in [1.82, 2.24) is 4.90 Å². The van der Waals surface area contributed by atoms with Crippen molar-refractivity contribution < 1.29 is 64.3 Å². The Bertz CT molecular complexity index is 172. The van der Waals surface area contributed by atoms with Gasteiger partial charge in [-0.1, -0.05) is 18.5 Å². The summed E-state index contributed by atoms with van der Waals surface area (Å²) in [6.07, 6.45) is 4.18. The fourth-order valence-corrected chi connectivity index (χ4v) is 1.22. The summed E-state index contributed by atoms with van der Waals surface area (Å²) in [5.74, 6) is 0. The first-order valence-electron chi connectivity index (χ1n) is 4.16. The Hall–Kier alpha value is 1.19. The molecule has 0 unspecified atom stereocenters. The van der Waals surface area contributed by atoms with E-state index in [9.17, 15) is 12.9 Å². The van der Waals surface area contributed by atoms with Crippen LogP contribution in [0.25, 0.3) is 0 Å². The number of rotatable bonds is 3. The van der Waals surface area contributed by atoms with E-state index >= 15 is 0 Å².